The number of methoxy groups -OCH3 is 1. The lowest BCUT2D eigenvalue weighted by Gasteiger charge is -2.28. The number of imide groups is 2. The van der Waals surface area contributed by atoms with Gasteiger partial charge < -0.3 is 4.74 Å². The Morgan fingerprint density at radius 1 is 0.943 bits per heavy atom. The maximum atomic E-state index is 13.3. The predicted octanol–water partition coefficient (Wildman–Crippen LogP) is 5.82. The normalized spacial score (nSPS) is 14.9. The molecule has 0 aromatic heterocycles. The highest BCUT2D eigenvalue weighted by atomic mass is 35.5. The number of anilines is 1. The lowest BCUT2D eigenvalue weighted by Crippen LogP contribution is -2.54. The van der Waals surface area contributed by atoms with Gasteiger partial charge in [0.25, 0.3) is 11.8 Å². The van der Waals surface area contributed by atoms with Gasteiger partial charge in [-0.05, 0) is 53.5 Å². The predicted molar refractivity (Wildman–Crippen MR) is 137 cm³/mol. The summed E-state index contributed by atoms with van der Waals surface area (Å²) in [4.78, 5) is 39.5. The van der Waals surface area contributed by atoms with Crippen LogP contribution >= 0.6 is 23.2 Å². The molecule has 1 fully saturated rings. The second-order valence-corrected chi connectivity index (χ2v) is 8.71. The SMILES string of the molecule is CCc1ccccc1N1C(=O)NC(=O)/C(=C/c2cc(Cl)c(Cc3ccccc3Cl)c(OC)c2)C1=O. The van der Waals surface area contributed by atoms with Gasteiger partial charge in [-0.15, -0.1) is 0 Å². The Morgan fingerprint density at radius 2 is 1.63 bits per heavy atom. The molecule has 0 aliphatic carbocycles. The number of nitrogens with zero attached hydrogens (tertiary/aromatic N) is 1. The van der Waals surface area contributed by atoms with Gasteiger partial charge in [-0.2, -0.15) is 0 Å². The van der Waals surface area contributed by atoms with Gasteiger partial charge >= 0.3 is 6.03 Å². The highest BCUT2D eigenvalue weighted by Crippen LogP contribution is 2.34. The van der Waals surface area contributed by atoms with Crippen LogP contribution in [0.25, 0.3) is 6.08 Å². The van der Waals surface area contributed by atoms with Crippen molar-refractivity contribution >= 4 is 52.8 Å². The second kappa shape index (κ2) is 10.3. The quantitative estimate of drug-likeness (QED) is 0.336. The van der Waals surface area contributed by atoms with Gasteiger partial charge in [0.15, 0.2) is 0 Å². The summed E-state index contributed by atoms with van der Waals surface area (Å²) >= 11 is 12.9. The highest BCUT2D eigenvalue weighted by molar-refractivity contribution is 6.39. The molecular formula is C27H22Cl2N2O4. The number of amides is 4. The number of benzene rings is 3. The molecule has 4 amide bonds. The maximum Gasteiger partial charge on any atom is 0.335 e. The topological polar surface area (TPSA) is 75.7 Å². The third kappa shape index (κ3) is 4.94. The number of para-hydroxylation sites is 1. The molecule has 0 atom stereocenters. The van der Waals surface area contributed by atoms with Crippen LogP contribution in [0.3, 0.4) is 0 Å². The van der Waals surface area contributed by atoms with Crippen molar-refractivity contribution in [3.63, 3.8) is 0 Å². The highest BCUT2D eigenvalue weighted by Gasteiger charge is 2.37. The molecule has 1 aliphatic heterocycles. The number of carbonyl (C=O) groups excluding carboxylic acids is 3. The van der Waals surface area contributed by atoms with Crippen LogP contribution in [0.4, 0.5) is 10.5 Å². The molecule has 178 valence electrons. The smallest absolute Gasteiger partial charge is 0.335 e. The van der Waals surface area contributed by atoms with Crippen molar-refractivity contribution in [1.29, 1.82) is 0 Å². The van der Waals surface area contributed by atoms with Crippen LogP contribution < -0.4 is 15.0 Å². The minimum atomic E-state index is -0.788. The lowest BCUT2D eigenvalue weighted by atomic mass is 10.00. The third-order valence-electron chi connectivity index (χ3n) is 5.75. The van der Waals surface area contributed by atoms with E-state index in [2.05, 4.69) is 5.32 Å². The van der Waals surface area contributed by atoms with Crippen LogP contribution in [0, 0.1) is 0 Å². The molecule has 3 aromatic carbocycles. The summed E-state index contributed by atoms with van der Waals surface area (Å²) in [6.07, 6.45) is 2.45. The number of carbonyl (C=O) groups is 3. The van der Waals surface area contributed by atoms with E-state index < -0.39 is 17.8 Å². The van der Waals surface area contributed by atoms with Crippen molar-refractivity contribution in [2.45, 2.75) is 19.8 Å². The van der Waals surface area contributed by atoms with Crippen molar-refractivity contribution in [2.24, 2.45) is 0 Å². The van der Waals surface area contributed by atoms with Gasteiger partial charge in [0, 0.05) is 22.0 Å². The standard InChI is InChI=1S/C27H22Cl2N2O4/c1-3-17-8-5-7-11-23(17)31-26(33)20(25(32)30-27(31)34)12-16-13-22(29)19(24(14-16)35-2)15-18-9-4-6-10-21(18)28/h4-14H,3,15H2,1-2H3,(H,30,32,34)/b20-12-. The van der Waals surface area contributed by atoms with Crippen molar-refractivity contribution in [3.05, 3.63) is 98.5 Å². The molecule has 35 heavy (non-hydrogen) atoms. The number of aryl methyl sites for hydroxylation is 1. The van der Waals surface area contributed by atoms with Gasteiger partial charge in [0.2, 0.25) is 0 Å². The fourth-order valence-corrected chi connectivity index (χ4v) is 4.46. The maximum absolute atomic E-state index is 13.3. The molecule has 0 spiro atoms. The van der Waals surface area contributed by atoms with Crippen molar-refractivity contribution in [3.8, 4) is 5.75 Å². The minimum Gasteiger partial charge on any atom is -0.496 e. The average Bonchev–Trinajstić information content (AvgIpc) is 2.84. The molecule has 0 unspecified atom stereocenters. The van der Waals surface area contributed by atoms with Crippen LogP contribution in [0.15, 0.2) is 66.2 Å². The van der Waals surface area contributed by atoms with Gasteiger partial charge in [-0.3, -0.25) is 14.9 Å². The lowest BCUT2D eigenvalue weighted by molar-refractivity contribution is -0.122. The van der Waals surface area contributed by atoms with Crippen molar-refractivity contribution in [2.75, 3.05) is 12.0 Å². The van der Waals surface area contributed by atoms with E-state index in [1.165, 1.54) is 13.2 Å². The molecular weight excluding hydrogens is 487 g/mol. The summed E-state index contributed by atoms with van der Waals surface area (Å²) in [5.41, 5.74) is 3.13. The Hall–Kier alpha value is -3.61. The van der Waals surface area contributed by atoms with E-state index in [9.17, 15) is 14.4 Å². The second-order valence-electron chi connectivity index (χ2n) is 7.89. The minimum absolute atomic E-state index is 0.188. The number of ether oxygens (including phenoxy) is 1. The summed E-state index contributed by atoms with van der Waals surface area (Å²) < 4.78 is 5.55. The third-order valence-corrected chi connectivity index (χ3v) is 6.45. The molecule has 0 saturated carbocycles. The van der Waals surface area contributed by atoms with Crippen molar-refractivity contribution < 1.29 is 19.1 Å². The molecule has 0 radical (unpaired) electrons. The van der Waals surface area contributed by atoms with Gasteiger partial charge in [-0.25, -0.2) is 9.69 Å². The monoisotopic (exact) mass is 508 g/mol. The van der Waals surface area contributed by atoms with Crippen LogP contribution in [0.2, 0.25) is 10.0 Å². The zero-order valence-electron chi connectivity index (χ0n) is 19.1. The number of rotatable bonds is 6. The van der Waals surface area contributed by atoms with Crippen LogP contribution in [-0.4, -0.2) is 25.0 Å². The van der Waals surface area contributed by atoms with E-state index in [1.807, 2.05) is 37.3 Å². The molecule has 1 saturated heterocycles. The summed E-state index contributed by atoms with van der Waals surface area (Å²) in [6, 6.07) is 17.0. The van der Waals surface area contributed by atoms with Crippen molar-refractivity contribution in [1.82, 2.24) is 5.32 Å². The molecule has 1 N–H and O–H groups in total. The fraction of sp³-hybridized carbons (Fsp3) is 0.148. The first kappa shape index (κ1) is 24.5. The number of halogens is 2. The number of hydrogen-bond donors (Lipinski definition) is 1. The molecule has 1 aliphatic rings. The summed E-state index contributed by atoms with van der Waals surface area (Å²) in [6.45, 7) is 1.92. The Balaban J connectivity index is 1.73. The van der Waals surface area contributed by atoms with Gasteiger partial charge in [0.05, 0.1) is 12.8 Å². The molecule has 4 rings (SSSR count). The van der Waals surface area contributed by atoms with E-state index in [1.54, 1.807) is 30.3 Å². The largest absolute Gasteiger partial charge is 0.496 e. The molecule has 8 heteroatoms. The van der Waals surface area contributed by atoms with E-state index in [0.29, 0.717) is 39.9 Å². The summed E-state index contributed by atoms with van der Waals surface area (Å²) in [5, 5.41) is 3.26. The van der Waals surface area contributed by atoms with E-state index in [0.717, 1.165) is 21.6 Å². The van der Waals surface area contributed by atoms with Gasteiger partial charge in [-0.1, -0.05) is 66.5 Å². The van der Waals surface area contributed by atoms with E-state index >= 15 is 0 Å². The number of urea groups is 1. The number of hydrogen-bond acceptors (Lipinski definition) is 4. The molecule has 6 nitrogen and oxygen atoms in total. The Kier molecular flexibility index (Phi) is 7.24. The first-order valence-electron chi connectivity index (χ1n) is 10.9. The average molecular weight is 509 g/mol. The fourth-order valence-electron chi connectivity index (χ4n) is 3.97. The number of nitrogens with one attached hydrogen (secondary N) is 1. The zero-order valence-corrected chi connectivity index (χ0v) is 20.6. The first-order valence-corrected chi connectivity index (χ1v) is 11.7. The van der Waals surface area contributed by atoms with Crippen LogP contribution in [-0.2, 0) is 22.4 Å². The van der Waals surface area contributed by atoms with Crippen LogP contribution in [0.5, 0.6) is 5.75 Å². The Morgan fingerprint density at radius 3 is 2.31 bits per heavy atom. The van der Waals surface area contributed by atoms with Gasteiger partial charge in [0.1, 0.15) is 11.3 Å². The first-order chi connectivity index (χ1) is 16.8. The Labute approximate surface area is 213 Å². The van der Waals surface area contributed by atoms with E-state index in [-0.39, 0.29) is 5.57 Å². The molecule has 0 bridgehead atoms. The zero-order chi connectivity index (χ0) is 25.1. The van der Waals surface area contributed by atoms with Crippen LogP contribution in [0.1, 0.15) is 29.2 Å². The summed E-state index contributed by atoms with van der Waals surface area (Å²) in [7, 11) is 1.51. The van der Waals surface area contributed by atoms with E-state index in [4.69, 9.17) is 27.9 Å². The molecule has 1 heterocycles. The number of barbiturate groups is 1. The Bertz CT molecular complexity index is 1370. The summed E-state index contributed by atoms with van der Waals surface area (Å²) in [5.74, 6) is -1.01. The molecule has 3 aromatic rings.